The van der Waals surface area contributed by atoms with Crippen molar-refractivity contribution in [3.63, 3.8) is 0 Å². The van der Waals surface area contributed by atoms with Crippen molar-refractivity contribution in [2.24, 2.45) is 5.41 Å². The van der Waals surface area contributed by atoms with E-state index in [9.17, 15) is 19.7 Å². The zero-order valence-corrected chi connectivity index (χ0v) is 19.5. The minimum Gasteiger partial charge on any atom is -0.489 e. The Morgan fingerprint density at radius 2 is 1.84 bits per heavy atom. The number of methoxy groups -OCH3 is 1. The van der Waals surface area contributed by atoms with Gasteiger partial charge < -0.3 is 14.5 Å². The summed E-state index contributed by atoms with van der Waals surface area (Å²) in [4.78, 5) is 44.7. The van der Waals surface area contributed by atoms with Gasteiger partial charge in [-0.05, 0) is 43.1 Å². The smallest absolute Gasteiger partial charge is 0.366 e. The van der Waals surface area contributed by atoms with Gasteiger partial charge in [-0.1, -0.05) is 11.3 Å². The van der Waals surface area contributed by atoms with Gasteiger partial charge in [0.1, 0.15) is 5.03 Å². The summed E-state index contributed by atoms with van der Waals surface area (Å²) in [7, 11) is 1.34. The lowest BCUT2D eigenvalue weighted by Gasteiger charge is -2.39. The average Bonchev–Trinajstić information content (AvgIpc) is 3.43. The molecule has 2 aromatic heterocycles. The first kappa shape index (κ1) is 22.5. The monoisotopic (exact) mass is 476 g/mol. The summed E-state index contributed by atoms with van der Waals surface area (Å²) in [5.41, 5.74) is 0.846. The van der Waals surface area contributed by atoms with Crippen LogP contribution in [0.2, 0.25) is 0 Å². The first-order valence-corrected chi connectivity index (χ1v) is 12.4. The highest BCUT2D eigenvalue weighted by Gasteiger charge is 2.44. The molecule has 2 amide bonds. The number of nitrogens with zero attached hydrogens (tertiary/aromatic N) is 4. The summed E-state index contributed by atoms with van der Waals surface area (Å²) in [6.07, 6.45) is 6.09. The molecule has 4 rings (SSSR count). The Morgan fingerprint density at radius 3 is 2.47 bits per heavy atom. The number of piperidine rings is 1. The Bertz CT molecular complexity index is 1050. The molecule has 11 heteroatoms. The maximum absolute atomic E-state index is 13.1. The molecule has 0 atom stereocenters. The number of rotatable bonds is 5. The van der Waals surface area contributed by atoms with E-state index in [0.29, 0.717) is 31.7 Å². The molecule has 170 valence electrons. The highest BCUT2D eigenvalue weighted by molar-refractivity contribution is 7.98. The summed E-state index contributed by atoms with van der Waals surface area (Å²) in [5.74, 6) is -0.201. The molecule has 1 spiro atoms. The molecule has 0 aromatic carbocycles. The molecular weight excluding hydrogens is 452 g/mol. The van der Waals surface area contributed by atoms with Crippen molar-refractivity contribution in [2.45, 2.75) is 24.3 Å². The molecule has 2 aromatic rings. The Balaban J connectivity index is 1.42. The lowest BCUT2D eigenvalue weighted by Crippen LogP contribution is -2.44. The van der Waals surface area contributed by atoms with Crippen LogP contribution < -0.4 is 4.74 Å². The third-order valence-corrected chi connectivity index (χ3v) is 7.98. The molecule has 2 aliphatic heterocycles. The van der Waals surface area contributed by atoms with E-state index in [1.54, 1.807) is 17.2 Å². The fourth-order valence-electron chi connectivity index (χ4n) is 4.57. The van der Waals surface area contributed by atoms with Crippen molar-refractivity contribution in [3.05, 3.63) is 45.0 Å². The molecule has 0 N–H and O–H groups in total. The number of hydrogen-bond acceptors (Lipinski definition) is 8. The van der Waals surface area contributed by atoms with Gasteiger partial charge in [-0.25, -0.2) is 4.98 Å². The fraction of sp³-hybridized carbons (Fsp3) is 0.476. The number of thioether (sulfide) groups is 1. The Morgan fingerprint density at radius 1 is 1.19 bits per heavy atom. The van der Waals surface area contributed by atoms with Crippen LogP contribution in [0.5, 0.6) is 5.75 Å². The van der Waals surface area contributed by atoms with Crippen molar-refractivity contribution < 1.29 is 19.2 Å². The van der Waals surface area contributed by atoms with Crippen LogP contribution in [0.25, 0.3) is 0 Å². The second-order valence-corrected chi connectivity index (χ2v) is 9.73. The Hall–Kier alpha value is -2.66. The summed E-state index contributed by atoms with van der Waals surface area (Å²) < 4.78 is 5.17. The van der Waals surface area contributed by atoms with E-state index in [2.05, 4.69) is 4.98 Å². The van der Waals surface area contributed by atoms with Crippen LogP contribution in [0, 0.1) is 15.5 Å². The third-order valence-electron chi connectivity index (χ3n) is 6.36. The molecule has 2 fully saturated rings. The van der Waals surface area contributed by atoms with Crippen LogP contribution in [0.4, 0.5) is 5.00 Å². The average molecular weight is 477 g/mol. The standard InChI is InChI=1S/C21H24N4O5S2/c1-30-16-15(12-32-20(16)25(28)29)19(27)24-11-7-21(13-24)5-9-23(10-6-21)18(26)14-4-3-8-22-17(14)31-2/h3-4,8,12H,5-7,9-11,13H2,1-2H3. The number of nitro groups is 1. The predicted molar refractivity (Wildman–Crippen MR) is 122 cm³/mol. The number of aromatic nitrogens is 1. The van der Waals surface area contributed by atoms with Crippen LogP contribution in [-0.2, 0) is 0 Å². The van der Waals surface area contributed by atoms with Crippen molar-refractivity contribution in [1.29, 1.82) is 0 Å². The molecule has 0 radical (unpaired) electrons. The number of ether oxygens (including phenoxy) is 1. The summed E-state index contributed by atoms with van der Waals surface area (Å²) in [6, 6.07) is 3.59. The molecule has 0 saturated carbocycles. The predicted octanol–water partition coefficient (Wildman–Crippen LogP) is 3.55. The first-order valence-electron chi connectivity index (χ1n) is 10.3. The minimum absolute atomic E-state index is 0.00134. The van der Waals surface area contributed by atoms with Gasteiger partial charge in [0.25, 0.3) is 11.8 Å². The minimum atomic E-state index is -0.525. The van der Waals surface area contributed by atoms with Crippen molar-refractivity contribution in [3.8, 4) is 5.75 Å². The normalized spacial score (nSPS) is 17.6. The van der Waals surface area contributed by atoms with E-state index in [-0.39, 0.29) is 33.5 Å². The number of hydrogen-bond donors (Lipinski definition) is 0. The van der Waals surface area contributed by atoms with E-state index < -0.39 is 4.92 Å². The number of likely N-dealkylation sites (tertiary alicyclic amines) is 2. The van der Waals surface area contributed by atoms with Crippen LogP contribution in [0.15, 0.2) is 28.7 Å². The Kier molecular flexibility index (Phi) is 6.38. The van der Waals surface area contributed by atoms with E-state index in [4.69, 9.17) is 4.74 Å². The molecule has 0 aliphatic carbocycles. The van der Waals surface area contributed by atoms with E-state index in [1.807, 2.05) is 17.2 Å². The maximum Gasteiger partial charge on any atom is 0.366 e. The summed E-state index contributed by atoms with van der Waals surface area (Å²) >= 11 is 2.36. The van der Waals surface area contributed by atoms with Crippen molar-refractivity contribution in [1.82, 2.24) is 14.8 Å². The molecule has 2 aliphatic rings. The summed E-state index contributed by atoms with van der Waals surface area (Å²) in [5, 5.41) is 13.3. The van der Waals surface area contributed by atoms with Crippen LogP contribution in [-0.4, -0.2) is 71.1 Å². The number of thiophene rings is 1. The van der Waals surface area contributed by atoms with Crippen LogP contribution in [0.3, 0.4) is 0 Å². The van der Waals surface area contributed by atoms with Crippen molar-refractivity contribution >= 4 is 39.9 Å². The molecule has 9 nitrogen and oxygen atoms in total. The van der Waals surface area contributed by atoms with Gasteiger partial charge in [0, 0.05) is 37.8 Å². The fourth-order valence-corrected chi connectivity index (χ4v) is 5.93. The van der Waals surface area contributed by atoms with Gasteiger partial charge in [-0.15, -0.1) is 11.8 Å². The van der Waals surface area contributed by atoms with E-state index in [0.717, 1.165) is 35.6 Å². The lowest BCUT2D eigenvalue weighted by atomic mass is 9.77. The van der Waals surface area contributed by atoms with E-state index >= 15 is 0 Å². The molecule has 2 saturated heterocycles. The molecule has 32 heavy (non-hydrogen) atoms. The van der Waals surface area contributed by atoms with Crippen LogP contribution >= 0.6 is 23.1 Å². The van der Waals surface area contributed by atoms with Gasteiger partial charge in [0.15, 0.2) is 0 Å². The quantitative estimate of drug-likeness (QED) is 0.369. The molecule has 4 heterocycles. The molecule has 0 bridgehead atoms. The molecule has 0 unspecified atom stereocenters. The number of carbonyl (C=O) groups excluding carboxylic acids is 2. The van der Waals surface area contributed by atoms with Gasteiger partial charge in [-0.3, -0.25) is 19.7 Å². The zero-order valence-electron chi connectivity index (χ0n) is 17.9. The van der Waals surface area contributed by atoms with E-state index in [1.165, 1.54) is 24.3 Å². The third kappa shape index (κ3) is 4.06. The SMILES string of the molecule is COc1c(C(=O)N2CCC3(CCN(C(=O)c4cccnc4SC)CC3)C2)csc1[N+](=O)[O-]. The lowest BCUT2D eigenvalue weighted by molar-refractivity contribution is -0.381. The number of carbonyl (C=O) groups is 2. The highest BCUT2D eigenvalue weighted by Crippen LogP contribution is 2.43. The number of amides is 2. The van der Waals surface area contributed by atoms with Crippen molar-refractivity contribution in [2.75, 3.05) is 39.5 Å². The van der Waals surface area contributed by atoms with Gasteiger partial charge in [0.2, 0.25) is 5.75 Å². The van der Waals surface area contributed by atoms with Gasteiger partial charge in [0.05, 0.1) is 23.2 Å². The van der Waals surface area contributed by atoms with Gasteiger partial charge in [-0.2, -0.15) is 0 Å². The topological polar surface area (TPSA) is 106 Å². The highest BCUT2D eigenvalue weighted by atomic mass is 32.2. The molecular formula is C21H24N4O5S2. The largest absolute Gasteiger partial charge is 0.489 e. The number of pyridine rings is 1. The second kappa shape index (κ2) is 9.07. The zero-order chi connectivity index (χ0) is 22.9. The Labute approximate surface area is 193 Å². The summed E-state index contributed by atoms with van der Waals surface area (Å²) in [6.45, 7) is 2.45. The van der Waals surface area contributed by atoms with Gasteiger partial charge >= 0.3 is 5.00 Å². The maximum atomic E-state index is 13.1. The van der Waals surface area contributed by atoms with Crippen LogP contribution in [0.1, 0.15) is 40.0 Å². The first-order chi connectivity index (χ1) is 15.4. The second-order valence-electron chi connectivity index (χ2n) is 8.07.